The highest BCUT2D eigenvalue weighted by molar-refractivity contribution is 6.64. The van der Waals surface area contributed by atoms with Crippen LogP contribution in [0.3, 0.4) is 0 Å². The molecule has 0 aliphatic carbocycles. The maximum Gasteiger partial charge on any atom is 0.495 e. The van der Waals surface area contributed by atoms with Crippen LogP contribution in [0.25, 0.3) is 0 Å². The third-order valence-corrected chi connectivity index (χ3v) is 20.2. The lowest BCUT2D eigenvalue weighted by atomic mass is 9.67. The Kier molecular flexibility index (Phi) is 24.6. The van der Waals surface area contributed by atoms with Crippen LogP contribution in [0.15, 0.2) is 97.1 Å². The Balaban J connectivity index is 1.03. The molecular weight excluding hydrogens is 1220 g/mol. The molecule has 0 N–H and O–H groups in total. The van der Waals surface area contributed by atoms with Gasteiger partial charge in [0.15, 0.2) is 0 Å². The first-order valence-corrected chi connectivity index (χ1v) is 34.3. The Morgan fingerprint density at radius 1 is 0.344 bits per heavy atom. The van der Waals surface area contributed by atoms with Gasteiger partial charge in [0, 0.05) is 52.4 Å². The van der Waals surface area contributed by atoms with E-state index in [2.05, 4.69) is 0 Å². The predicted molar refractivity (Wildman–Crippen MR) is 374 cm³/mol. The van der Waals surface area contributed by atoms with Crippen molar-refractivity contribution in [1.82, 2.24) is 19.6 Å². The standard InChI is InChI=1S/C72H106B4N4O16/c1-21-85-61(81)47-77(43-53-31-23-27-35-57(53)73-89-65(7,8)66(9,10)90-73)39-40-78(48-62(82)86-22-2)44-55-33-25-29-37-59(55)75-93-69(15,16)71(19,95-75)72(20)70(17,18)94-76(96-72)60-38-30-26-34-56(60)46-80(50-64(84)88-52(5)6)42-41-79(49-63(83)87-51(3)4)45-54-32-24-28-36-58(54)74-91-67(11,12)68(13,14)92-74/h23-38,51-52H,21-22,39-50H2,1-20H3. The number of carbonyl (C=O) groups is 4. The summed E-state index contributed by atoms with van der Waals surface area (Å²) in [6.45, 7) is 42.4. The molecule has 8 rings (SSSR count). The number of ether oxygens (including phenoxy) is 4. The number of carbonyl (C=O) groups excluding carboxylic acids is 4. The molecule has 0 spiro atoms. The van der Waals surface area contributed by atoms with Crippen molar-refractivity contribution >= 4 is 74.2 Å². The monoisotopic (exact) mass is 1330 g/mol. The first-order valence-electron chi connectivity index (χ1n) is 34.3. The third-order valence-electron chi connectivity index (χ3n) is 20.2. The van der Waals surface area contributed by atoms with E-state index in [4.69, 9.17) is 56.2 Å². The Morgan fingerprint density at radius 2 is 0.562 bits per heavy atom. The Labute approximate surface area is 573 Å². The van der Waals surface area contributed by atoms with E-state index in [0.29, 0.717) is 52.4 Å². The molecule has 24 heteroatoms. The second kappa shape index (κ2) is 31.0. The topological polar surface area (TPSA) is 192 Å². The number of hydrogen-bond acceptors (Lipinski definition) is 20. The summed E-state index contributed by atoms with van der Waals surface area (Å²) >= 11 is 0. The van der Waals surface area contributed by atoms with E-state index in [-0.39, 0.29) is 75.5 Å². The fourth-order valence-corrected chi connectivity index (χ4v) is 12.8. The average molecular weight is 1330 g/mol. The molecule has 0 saturated carbocycles. The van der Waals surface area contributed by atoms with Gasteiger partial charge in [0.05, 0.1) is 85.2 Å². The van der Waals surface area contributed by atoms with E-state index in [9.17, 15) is 19.2 Å². The summed E-state index contributed by atoms with van der Waals surface area (Å²) in [4.78, 5) is 62.2. The number of benzene rings is 4. The minimum absolute atomic E-state index is 0.00328. The molecule has 2 atom stereocenters. The summed E-state index contributed by atoms with van der Waals surface area (Å²) in [6.07, 6.45) is -0.652. The van der Waals surface area contributed by atoms with Gasteiger partial charge in [-0.05, 0) is 183 Å². The van der Waals surface area contributed by atoms with Crippen molar-refractivity contribution in [3.63, 3.8) is 0 Å². The molecule has 20 nitrogen and oxygen atoms in total. The summed E-state index contributed by atoms with van der Waals surface area (Å²) < 4.78 is 77.5. The minimum atomic E-state index is -1.17. The Morgan fingerprint density at radius 3 is 0.802 bits per heavy atom. The largest absolute Gasteiger partial charge is 0.495 e. The average Bonchev–Trinajstić information content (AvgIpc) is 1.53. The summed E-state index contributed by atoms with van der Waals surface area (Å²) in [7, 11) is -3.01. The van der Waals surface area contributed by atoms with Gasteiger partial charge in [-0.15, -0.1) is 0 Å². The molecule has 2 unspecified atom stereocenters. The smallest absolute Gasteiger partial charge is 0.465 e. The molecule has 0 radical (unpaired) electrons. The van der Waals surface area contributed by atoms with Gasteiger partial charge in [-0.2, -0.15) is 0 Å². The summed E-state index contributed by atoms with van der Waals surface area (Å²) in [6, 6.07) is 31.7. The van der Waals surface area contributed by atoms with E-state index >= 15 is 0 Å². The Hall–Kier alpha value is -5.46. The first kappa shape index (κ1) is 76.3. The second-order valence-electron chi connectivity index (χ2n) is 29.7. The maximum atomic E-state index is 13.7. The van der Waals surface area contributed by atoms with Crippen molar-refractivity contribution in [3.8, 4) is 0 Å². The molecule has 0 bridgehead atoms. The molecule has 96 heavy (non-hydrogen) atoms. The van der Waals surface area contributed by atoms with E-state index in [0.717, 1.165) is 44.1 Å². The van der Waals surface area contributed by atoms with E-state index in [1.54, 1.807) is 13.8 Å². The van der Waals surface area contributed by atoms with Crippen LogP contribution in [0.2, 0.25) is 0 Å². The van der Waals surface area contributed by atoms with Gasteiger partial charge in [0.1, 0.15) is 11.2 Å². The molecule has 4 aromatic carbocycles. The zero-order chi connectivity index (χ0) is 70.4. The highest BCUT2D eigenvalue weighted by atomic mass is 16.7. The van der Waals surface area contributed by atoms with Gasteiger partial charge in [-0.3, -0.25) is 38.8 Å². The van der Waals surface area contributed by atoms with Gasteiger partial charge in [0.25, 0.3) is 0 Å². The van der Waals surface area contributed by atoms with Crippen molar-refractivity contribution in [2.24, 2.45) is 0 Å². The van der Waals surface area contributed by atoms with Gasteiger partial charge in [-0.1, -0.05) is 97.1 Å². The lowest BCUT2D eigenvalue weighted by molar-refractivity contribution is -0.176. The number of rotatable bonds is 31. The molecule has 4 aromatic rings. The molecule has 4 aliphatic heterocycles. The zero-order valence-corrected chi connectivity index (χ0v) is 60.9. The summed E-state index contributed by atoms with van der Waals surface area (Å²) in [5, 5.41) is 0. The maximum absolute atomic E-state index is 13.7. The van der Waals surface area contributed by atoms with Crippen LogP contribution >= 0.6 is 0 Å². The highest BCUT2D eigenvalue weighted by Gasteiger charge is 2.72. The fourth-order valence-electron chi connectivity index (χ4n) is 12.8. The van der Waals surface area contributed by atoms with Crippen molar-refractivity contribution in [2.75, 3.05) is 65.6 Å². The van der Waals surface area contributed by atoms with Crippen molar-refractivity contribution in [1.29, 1.82) is 0 Å². The van der Waals surface area contributed by atoms with E-state index in [1.807, 2.05) is 241 Å². The molecule has 4 heterocycles. The fraction of sp³-hybridized carbons (Fsp3) is 0.611. The normalized spacial score (nSPS) is 21.6. The van der Waals surface area contributed by atoms with E-state index < -0.39 is 73.3 Å². The molecule has 0 aromatic heterocycles. The molecule has 4 saturated heterocycles. The molecular formula is C72H106B4N4O16. The van der Waals surface area contributed by atoms with Crippen LogP contribution in [0.4, 0.5) is 0 Å². The summed E-state index contributed by atoms with van der Waals surface area (Å²) in [5.41, 5.74) is 0.316. The van der Waals surface area contributed by atoms with Crippen molar-refractivity contribution in [2.45, 2.75) is 222 Å². The molecule has 0 amide bonds. The van der Waals surface area contributed by atoms with Gasteiger partial charge >= 0.3 is 52.4 Å². The van der Waals surface area contributed by atoms with Crippen LogP contribution in [-0.4, -0.2) is 195 Å². The van der Waals surface area contributed by atoms with Crippen LogP contribution in [0.5, 0.6) is 0 Å². The molecule has 4 aliphatic rings. The van der Waals surface area contributed by atoms with Crippen LogP contribution in [0.1, 0.15) is 161 Å². The lowest BCUT2D eigenvalue weighted by Crippen LogP contribution is -2.68. The Bertz CT molecular complexity index is 3300. The van der Waals surface area contributed by atoms with E-state index in [1.165, 1.54) is 0 Å². The van der Waals surface area contributed by atoms with Gasteiger partial charge in [-0.25, -0.2) is 0 Å². The van der Waals surface area contributed by atoms with Crippen molar-refractivity contribution < 1.29 is 75.4 Å². The second-order valence-corrected chi connectivity index (χ2v) is 29.7. The predicted octanol–water partition coefficient (Wildman–Crippen LogP) is 7.18. The molecule has 4 fully saturated rings. The van der Waals surface area contributed by atoms with Crippen LogP contribution < -0.4 is 21.9 Å². The number of hydrogen-bond donors (Lipinski definition) is 0. The summed E-state index contributed by atoms with van der Waals surface area (Å²) in [5.74, 6) is -1.50. The lowest BCUT2D eigenvalue weighted by Gasteiger charge is -2.52. The zero-order valence-electron chi connectivity index (χ0n) is 60.9. The highest BCUT2D eigenvalue weighted by Crippen LogP contribution is 2.54. The third kappa shape index (κ3) is 17.7. The number of esters is 4. The SMILES string of the molecule is CCOC(=O)CN(CCN(CC(=O)OCC)Cc1ccccc1B1OC(C)(C)C(C)(C2(C)OB(c3ccccc3CN(CCN(CC(=O)OC(C)C)Cc3ccccc3B3OC(C)(C)C(C)(C)O3)CC(=O)OC(C)C)OC2(C)C)O1)Cc1ccccc1B1OC(C)(C)C(C)(C)O1. The quantitative estimate of drug-likeness (QED) is 0.0279. The van der Waals surface area contributed by atoms with Crippen molar-refractivity contribution in [3.05, 3.63) is 119 Å². The number of nitrogens with zero attached hydrogens (tertiary/aromatic N) is 4. The molecule has 522 valence electrons. The van der Waals surface area contributed by atoms with Crippen LogP contribution in [-0.2, 0) is 102 Å². The first-order chi connectivity index (χ1) is 44.9. The van der Waals surface area contributed by atoms with Crippen LogP contribution in [0, 0.1) is 0 Å². The van der Waals surface area contributed by atoms with Gasteiger partial charge in [0.2, 0.25) is 0 Å². The minimum Gasteiger partial charge on any atom is -0.465 e. The van der Waals surface area contributed by atoms with Gasteiger partial charge < -0.3 is 56.2 Å².